The largest absolute Gasteiger partial charge is 0.482 e. The third kappa shape index (κ3) is 4.27. The van der Waals surface area contributed by atoms with Crippen molar-refractivity contribution in [2.75, 3.05) is 6.61 Å². The van der Waals surface area contributed by atoms with Crippen molar-refractivity contribution in [1.29, 1.82) is 0 Å². The van der Waals surface area contributed by atoms with E-state index in [1.807, 2.05) is 36.4 Å². The number of ether oxygens (including phenoxy) is 1. The first-order chi connectivity index (χ1) is 9.24. The van der Waals surface area contributed by atoms with E-state index >= 15 is 0 Å². The van der Waals surface area contributed by atoms with Crippen molar-refractivity contribution < 1.29 is 14.6 Å². The Morgan fingerprint density at radius 1 is 1.16 bits per heavy atom. The van der Waals surface area contributed by atoms with Gasteiger partial charge < -0.3 is 9.84 Å². The van der Waals surface area contributed by atoms with E-state index in [1.165, 1.54) is 0 Å². The third-order valence-corrected chi connectivity index (χ3v) is 2.34. The lowest BCUT2D eigenvalue weighted by molar-refractivity contribution is -0.139. The molecule has 0 spiro atoms. The van der Waals surface area contributed by atoms with Crippen LogP contribution in [0.4, 0.5) is 5.69 Å². The average molecular weight is 255 g/mol. The van der Waals surface area contributed by atoms with Crippen LogP contribution in [-0.4, -0.2) is 23.9 Å². The number of benzene rings is 2. The van der Waals surface area contributed by atoms with E-state index in [1.54, 1.807) is 24.4 Å². The SMILES string of the molecule is O=C(O)COc1cccc(C=Nc2ccccc2)c1. The molecule has 1 N–H and O–H groups in total. The average Bonchev–Trinajstić information content (AvgIpc) is 2.44. The standard InChI is InChI=1S/C15H13NO3/c17-15(18)11-19-14-8-4-5-12(9-14)10-16-13-6-2-1-3-7-13/h1-10H,11H2,(H,17,18). The monoisotopic (exact) mass is 255 g/mol. The molecule has 2 rings (SSSR count). The van der Waals surface area contributed by atoms with Gasteiger partial charge in [0.2, 0.25) is 0 Å². The fourth-order valence-electron chi connectivity index (χ4n) is 1.49. The Kier molecular flexibility index (Phi) is 4.29. The molecular weight excluding hydrogens is 242 g/mol. The van der Waals surface area contributed by atoms with E-state index in [0.29, 0.717) is 5.75 Å². The Hall–Kier alpha value is -2.62. The quantitative estimate of drug-likeness (QED) is 0.836. The summed E-state index contributed by atoms with van der Waals surface area (Å²) in [6.45, 7) is -0.348. The van der Waals surface area contributed by atoms with Gasteiger partial charge in [0, 0.05) is 6.21 Å². The first-order valence-electron chi connectivity index (χ1n) is 5.78. The van der Waals surface area contributed by atoms with Gasteiger partial charge in [0.05, 0.1) is 5.69 Å². The summed E-state index contributed by atoms with van der Waals surface area (Å²) < 4.78 is 5.10. The zero-order valence-electron chi connectivity index (χ0n) is 10.2. The van der Waals surface area contributed by atoms with Crippen LogP contribution in [0, 0.1) is 0 Å². The van der Waals surface area contributed by atoms with Gasteiger partial charge in [0.15, 0.2) is 6.61 Å². The molecule has 0 saturated heterocycles. The van der Waals surface area contributed by atoms with Crippen LogP contribution in [0.3, 0.4) is 0 Å². The van der Waals surface area contributed by atoms with E-state index in [4.69, 9.17) is 9.84 Å². The number of rotatable bonds is 5. The van der Waals surface area contributed by atoms with Gasteiger partial charge in [-0.3, -0.25) is 4.99 Å². The van der Waals surface area contributed by atoms with Crippen LogP contribution in [0.5, 0.6) is 5.75 Å². The fraction of sp³-hybridized carbons (Fsp3) is 0.0667. The molecule has 4 nitrogen and oxygen atoms in total. The summed E-state index contributed by atoms with van der Waals surface area (Å²) in [6.07, 6.45) is 1.71. The predicted octanol–water partition coefficient (Wildman–Crippen LogP) is 2.90. The number of nitrogens with zero attached hydrogens (tertiary/aromatic N) is 1. The van der Waals surface area contributed by atoms with Gasteiger partial charge in [-0.25, -0.2) is 4.79 Å². The van der Waals surface area contributed by atoms with Crippen LogP contribution < -0.4 is 4.74 Å². The Morgan fingerprint density at radius 3 is 2.68 bits per heavy atom. The van der Waals surface area contributed by atoms with Gasteiger partial charge in [-0.2, -0.15) is 0 Å². The number of hydrogen-bond donors (Lipinski definition) is 1. The molecule has 2 aromatic rings. The molecule has 0 amide bonds. The molecule has 0 saturated carbocycles. The van der Waals surface area contributed by atoms with E-state index in [-0.39, 0.29) is 6.61 Å². The van der Waals surface area contributed by atoms with Crippen LogP contribution in [0.25, 0.3) is 0 Å². The van der Waals surface area contributed by atoms with Crippen molar-refractivity contribution in [2.45, 2.75) is 0 Å². The highest BCUT2D eigenvalue weighted by Gasteiger charge is 1.99. The number of aliphatic imine (C=N–C) groups is 1. The number of aliphatic carboxylic acids is 1. The molecule has 96 valence electrons. The maximum absolute atomic E-state index is 10.4. The first-order valence-corrected chi connectivity index (χ1v) is 5.78. The molecule has 0 radical (unpaired) electrons. The first kappa shape index (κ1) is 12.8. The Bertz CT molecular complexity index is 579. The van der Waals surface area contributed by atoms with E-state index in [9.17, 15) is 4.79 Å². The van der Waals surface area contributed by atoms with Crippen LogP contribution in [-0.2, 0) is 4.79 Å². The summed E-state index contributed by atoms with van der Waals surface area (Å²) >= 11 is 0. The Labute approximate surface area is 111 Å². The molecule has 4 heteroatoms. The van der Waals surface area contributed by atoms with Crippen LogP contribution in [0.15, 0.2) is 59.6 Å². The van der Waals surface area contributed by atoms with E-state index < -0.39 is 5.97 Å². The molecule has 0 aromatic heterocycles. The van der Waals surface area contributed by atoms with Gasteiger partial charge in [0.25, 0.3) is 0 Å². The van der Waals surface area contributed by atoms with E-state index in [2.05, 4.69) is 4.99 Å². The van der Waals surface area contributed by atoms with Crippen LogP contribution in [0.2, 0.25) is 0 Å². The minimum atomic E-state index is -0.997. The lowest BCUT2D eigenvalue weighted by atomic mass is 10.2. The fourth-order valence-corrected chi connectivity index (χ4v) is 1.49. The van der Waals surface area contributed by atoms with Gasteiger partial charge >= 0.3 is 5.97 Å². The zero-order valence-corrected chi connectivity index (χ0v) is 10.2. The summed E-state index contributed by atoms with van der Waals surface area (Å²) in [6, 6.07) is 16.7. The zero-order chi connectivity index (χ0) is 13.5. The van der Waals surface area contributed by atoms with Gasteiger partial charge in [0.1, 0.15) is 5.75 Å². The molecule has 0 atom stereocenters. The minimum Gasteiger partial charge on any atom is -0.482 e. The Morgan fingerprint density at radius 2 is 1.95 bits per heavy atom. The third-order valence-electron chi connectivity index (χ3n) is 2.34. The topological polar surface area (TPSA) is 58.9 Å². The Balaban J connectivity index is 2.06. The highest BCUT2D eigenvalue weighted by atomic mass is 16.5. The molecule has 0 unspecified atom stereocenters. The molecule has 19 heavy (non-hydrogen) atoms. The number of para-hydroxylation sites is 1. The highest BCUT2D eigenvalue weighted by Crippen LogP contribution is 2.14. The van der Waals surface area contributed by atoms with Gasteiger partial charge in [-0.1, -0.05) is 30.3 Å². The lowest BCUT2D eigenvalue weighted by Crippen LogP contribution is -2.09. The van der Waals surface area contributed by atoms with Gasteiger partial charge in [-0.15, -0.1) is 0 Å². The second kappa shape index (κ2) is 6.35. The summed E-state index contributed by atoms with van der Waals surface area (Å²) in [5.74, 6) is -0.484. The molecule has 0 aliphatic carbocycles. The smallest absolute Gasteiger partial charge is 0.341 e. The maximum atomic E-state index is 10.4. The van der Waals surface area contributed by atoms with E-state index in [0.717, 1.165) is 11.3 Å². The van der Waals surface area contributed by atoms with Crippen LogP contribution in [0.1, 0.15) is 5.56 Å². The number of carboxylic acids is 1. The normalized spacial score (nSPS) is 10.5. The summed E-state index contributed by atoms with van der Waals surface area (Å²) in [5.41, 5.74) is 1.71. The lowest BCUT2D eigenvalue weighted by Gasteiger charge is -2.03. The highest BCUT2D eigenvalue weighted by molar-refractivity contribution is 5.82. The molecule has 0 bridgehead atoms. The second-order valence-electron chi connectivity index (χ2n) is 3.85. The van der Waals surface area contributed by atoms with Crippen LogP contribution >= 0.6 is 0 Å². The molecule has 0 aliphatic rings. The van der Waals surface area contributed by atoms with Crippen molar-refractivity contribution in [3.63, 3.8) is 0 Å². The summed E-state index contributed by atoms with van der Waals surface area (Å²) in [5, 5.41) is 8.54. The second-order valence-corrected chi connectivity index (χ2v) is 3.85. The molecular formula is C15H13NO3. The minimum absolute atomic E-state index is 0.348. The van der Waals surface area contributed by atoms with Crippen molar-refractivity contribution in [2.24, 2.45) is 4.99 Å². The summed E-state index contributed by atoms with van der Waals surface area (Å²) in [4.78, 5) is 14.7. The molecule has 0 heterocycles. The number of carboxylic acid groups (broad SMARTS) is 1. The maximum Gasteiger partial charge on any atom is 0.341 e. The van der Waals surface area contributed by atoms with Crippen molar-refractivity contribution >= 4 is 17.9 Å². The summed E-state index contributed by atoms with van der Waals surface area (Å²) in [7, 11) is 0. The predicted molar refractivity (Wildman–Crippen MR) is 73.3 cm³/mol. The van der Waals surface area contributed by atoms with Crippen molar-refractivity contribution in [1.82, 2.24) is 0 Å². The van der Waals surface area contributed by atoms with Crippen molar-refractivity contribution in [3.8, 4) is 5.75 Å². The van der Waals surface area contributed by atoms with Gasteiger partial charge in [-0.05, 0) is 29.8 Å². The number of carbonyl (C=O) groups is 1. The molecule has 2 aromatic carbocycles. The molecule has 0 fully saturated rings. The number of hydrogen-bond acceptors (Lipinski definition) is 3. The molecule has 0 aliphatic heterocycles. The van der Waals surface area contributed by atoms with Crippen molar-refractivity contribution in [3.05, 3.63) is 60.2 Å².